The van der Waals surface area contributed by atoms with E-state index >= 15 is 4.39 Å². The first-order valence-electron chi connectivity index (χ1n) is 10.3. The molecular formula is C23H25FN4O3S. The highest BCUT2D eigenvalue weighted by Crippen LogP contribution is 2.44. The number of hydrogen-bond donors (Lipinski definition) is 1. The summed E-state index contributed by atoms with van der Waals surface area (Å²) in [7, 11) is -0.546. The van der Waals surface area contributed by atoms with Crippen LogP contribution in [-0.2, 0) is 16.6 Å². The summed E-state index contributed by atoms with van der Waals surface area (Å²) >= 11 is 0. The molecule has 0 spiro atoms. The molecule has 3 aromatic rings. The van der Waals surface area contributed by atoms with E-state index in [1.54, 1.807) is 18.2 Å². The first-order chi connectivity index (χ1) is 15.3. The zero-order chi connectivity index (χ0) is 22.9. The topological polar surface area (TPSA) is 98.4 Å². The summed E-state index contributed by atoms with van der Waals surface area (Å²) < 4.78 is 47.2. The number of anilines is 1. The summed E-state index contributed by atoms with van der Waals surface area (Å²) in [5.41, 5.74) is 7.84. The Hall–Kier alpha value is -3.04. The Morgan fingerprint density at radius 2 is 1.81 bits per heavy atom. The van der Waals surface area contributed by atoms with Gasteiger partial charge in [-0.1, -0.05) is 24.6 Å². The predicted molar refractivity (Wildman–Crippen MR) is 120 cm³/mol. The summed E-state index contributed by atoms with van der Waals surface area (Å²) in [4.78, 5) is 8.37. The number of halogens is 1. The number of nitrogens with two attached hydrogens (primary N) is 1. The van der Waals surface area contributed by atoms with Gasteiger partial charge in [-0.05, 0) is 42.5 Å². The van der Waals surface area contributed by atoms with Crippen LogP contribution in [0.15, 0.2) is 53.7 Å². The van der Waals surface area contributed by atoms with E-state index in [0.717, 1.165) is 34.7 Å². The van der Waals surface area contributed by atoms with Crippen LogP contribution in [0.25, 0.3) is 11.3 Å². The summed E-state index contributed by atoms with van der Waals surface area (Å²) in [6.45, 7) is 0.107. The van der Waals surface area contributed by atoms with Gasteiger partial charge in [-0.25, -0.2) is 22.1 Å². The third-order valence-corrected chi connectivity index (χ3v) is 7.53. The average Bonchev–Trinajstić information content (AvgIpc) is 2.73. The maximum atomic E-state index is 15.5. The maximum Gasteiger partial charge on any atom is 0.242 e. The van der Waals surface area contributed by atoms with Crippen molar-refractivity contribution in [1.29, 1.82) is 0 Å². The molecule has 2 aromatic carbocycles. The third kappa shape index (κ3) is 4.31. The molecule has 32 heavy (non-hydrogen) atoms. The molecule has 0 bridgehead atoms. The zero-order valence-corrected chi connectivity index (χ0v) is 18.8. The van der Waals surface area contributed by atoms with E-state index in [2.05, 4.69) is 9.97 Å². The van der Waals surface area contributed by atoms with Crippen molar-refractivity contribution in [3.63, 3.8) is 0 Å². The predicted octanol–water partition coefficient (Wildman–Crippen LogP) is 3.96. The second-order valence-electron chi connectivity index (χ2n) is 8.02. The van der Waals surface area contributed by atoms with E-state index in [0.29, 0.717) is 11.3 Å². The van der Waals surface area contributed by atoms with Crippen LogP contribution in [0.5, 0.6) is 5.75 Å². The number of sulfonamides is 1. The molecule has 1 aliphatic rings. The van der Waals surface area contributed by atoms with Crippen molar-refractivity contribution >= 4 is 15.8 Å². The fourth-order valence-corrected chi connectivity index (χ4v) is 4.46. The molecule has 1 fully saturated rings. The number of aromatic nitrogens is 2. The minimum Gasteiger partial charge on any atom is -0.486 e. The molecule has 0 atom stereocenters. The fraction of sp³-hybridized carbons (Fsp3) is 0.304. The summed E-state index contributed by atoms with van der Waals surface area (Å²) in [5.74, 6) is 0.242. The van der Waals surface area contributed by atoms with E-state index in [-0.39, 0.29) is 29.0 Å². The normalized spacial score (nSPS) is 14.4. The van der Waals surface area contributed by atoms with Crippen LogP contribution in [0.3, 0.4) is 0 Å². The number of ether oxygens (including phenoxy) is 1. The SMILES string of the molecule is CN(C)S(=O)(=O)c1ccc(COc2c(C3CCC3)ccc(-c3cnc(N)cn3)c2F)cc1. The quantitative estimate of drug-likeness (QED) is 0.578. The molecule has 2 N–H and O–H groups in total. The van der Waals surface area contributed by atoms with Crippen molar-refractivity contribution in [2.45, 2.75) is 36.7 Å². The number of rotatable bonds is 7. The molecule has 0 saturated heterocycles. The molecule has 1 aromatic heterocycles. The molecule has 1 heterocycles. The number of benzene rings is 2. The molecule has 0 aliphatic heterocycles. The van der Waals surface area contributed by atoms with Crippen molar-refractivity contribution in [2.75, 3.05) is 19.8 Å². The van der Waals surface area contributed by atoms with Gasteiger partial charge in [0.15, 0.2) is 11.6 Å². The Kier molecular flexibility index (Phi) is 6.12. The molecule has 1 aliphatic carbocycles. The average molecular weight is 457 g/mol. The summed E-state index contributed by atoms with van der Waals surface area (Å²) in [6.07, 6.45) is 5.92. The van der Waals surface area contributed by atoms with E-state index in [1.807, 2.05) is 6.07 Å². The van der Waals surface area contributed by atoms with E-state index in [4.69, 9.17) is 10.5 Å². The molecule has 4 rings (SSSR count). The van der Waals surface area contributed by atoms with Crippen molar-refractivity contribution < 1.29 is 17.5 Å². The minimum atomic E-state index is -3.51. The van der Waals surface area contributed by atoms with E-state index < -0.39 is 15.8 Å². The lowest BCUT2D eigenvalue weighted by molar-refractivity contribution is 0.278. The summed E-state index contributed by atoms with van der Waals surface area (Å²) in [6, 6.07) is 9.99. The largest absolute Gasteiger partial charge is 0.486 e. The molecule has 1 saturated carbocycles. The van der Waals surface area contributed by atoms with Crippen LogP contribution in [0.2, 0.25) is 0 Å². The van der Waals surface area contributed by atoms with Crippen LogP contribution >= 0.6 is 0 Å². The number of nitrogen functional groups attached to an aromatic ring is 1. The molecule has 0 unspecified atom stereocenters. The molecule has 0 amide bonds. The third-order valence-electron chi connectivity index (χ3n) is 5.71. The van der Waals surface area contributed by atoms with Crippen LogP contribution in [-0.4, -0.2) is 36.8 Å². The van der Waals surface area contributed by atoms with Gasteiger partial charge in [-0.15, -0.1) is 0 Å². The van der Waals surface area contributed by atoms with Crippen LogP contribution in [0.1, 0.15) is 36.3 Å². The highest BCUT2D eigenvalue weighted by atomic mass is 32.2. The Morgan fingerprint density at radius 3 is 2.38 bits per heavy atom. The molecule has 9 heteroatoms. The summed E-state index contributed by atoms with van der Waals surface area (Å²) in [5, 5.41) is 0. The van der Waals surface area contributed by atoms with Crippen LogP contribution in [0, 0.1) is 5.82 Å². The molecule has 168 valence electrons. The lowest BCUT2D eigenvalue weighted by Crippen LogP contribution is -2.22. The van der Waals surface area contributed by atoms with E-state index in [9.17, 15) is 8.42 Å². The van der Waals surface area contributed by atoms with Gasteiger partial charge in [0.05, 0.1) is 23.0 Å². The van der Waals surface area contributed by atoms with E-state index in [1.165, 1.54) is 38.6 Å². The molecule has 0 radical (unpaired) electrons. The zero-order valence-electron chi connectivity index (χ0n) is 18.0. The standard InChI is InChI=1S/C23H25FN4O3S/c1-28(2)32(29,30)17-8-6-15(7-9-17)14-31-23-18(16-4-3-5-16)10-11-19(22(23)24)20-12-27-21(25)13-26-20/h6-13,16H,3-5,14H2,1-2H3,(H2,25,27). The van der Waals surface area contributed by atoms with Gasteiger partial charge in [-0.3, -0.25) is 4.98 Å². The van der Waals surface area contributed by atoms with Crippen molar-refractivity contribution in [1.82, 2.24) is 14.3 Å². The van der Waals surface area contributed by atoms with Crippen molar-refractivity contribution in [3.8, 4) is 17.0 Å². The Bertz CT molecular complexity index is 1210. The van der Waals surface area contributed by atoms with Gasteiger partial charge in [-0.2, -0.15) is 0 Å². The highest BCUT2D eigenvalue weighted by molar-refractivity contribution is 7.89. The van der Waals surface area contributed by atoms with Crippen LogP contribution in [0.4, 0.5) is 10.2 Å². The van der Waals surface area contributed by atoms with Gasteiger partial charge >= 0.3 is 0 Å². The molecule has 7 nitrogen and oxygen atoms in total. The first-order valence-corrected chi connectivity index (χ1v) is 11.8. The van der Waals surface area contributed by atoms with Gasteiger partial charge in [0, 0.05) is 25.2 Å². The van der Waals surface area contributed by atoms with Gasteiger partial charge in [0.25, 0.3) is 0 Å². The number of nitrogens with zero attached hydrogens (tertiary/aromatic N) is 3. The fourth-order valence-electron chi connectivity index (χ4n) is 3.56. The number of hydrogen-bond acceptors (Lipinski definition) is 6. The van der Waals surface area contributed by atoms with Crippen molar-refractivity contribution in [2.24, 2.45) is 0 Å². The smallest absolute Gasteiger partial charge is 0.242 e. The van der Waals surface area contributed by atoms with Crippen molar-refractivity contribution in [3.05, 3.63) is 65.7 Å². The first kappa shape index (κ1) is 22.2. The monoisotopic (exact) mass is 456 g/mol. The van der Waals surface area contributed by atoms with Gasteiger partial charge < -0.3 is 10.5 Å². The maximum absolute atomic E-state index is 15.5. The highest BCUT2D eigenvalue weighted by Gasteiger charge is 2.27. The second-order valence-corrected chi connectivity index (χ2v) is 10.2. The Balaban J connectivity index is 1.62. The Morgan fingerprint density at radius 1 is 1.09 bits per heavy atom. The Labute approximate surface area is 187 Å². The van der Waals surface area contributed by atoms with Gasteiger partial charge in [0.1, 0.15) is 12.4 Å². The second kappa shape index (κ2) is 8.84. The van der Waals surface area contributed by atoms with Gasteiger partial charge in [0.2, 0.25) is 10.0 Å². The molecular weight excluding hydrogens is 431 g/mol. The lowest BCUT2D eigenvalue weighted by atomic mass is 9.79. The minimum absolute atomic E-state index is 0.107. The van der Waals surface area contributed by atoms with Crippen LogP contribution < -0.4 is 10.5 Å². The lowest BCUT2D eigenvalue weighted by Gasteiger charge is -2.28.